The van der Waals surface area contributed by atoms with Gasteiger partial charge in [-0.25, -0.2) is 18.1 Å². The van der Waals surface area contributed by atoms with Crippen LogP contribution in [0.5, 0.6) is 0 Å². The maximum absolute atomic E-state index is 13.2. The van der Waals surface area contributed by atoms with Crippen molar-refractivity contribution in [2.75, 3.05) is 5.32 Å². The number of nitriles is 1. The van der Waals surface area contributed by atoms with Crippen LogP contribution in [-0.2, 0) is 14.8 Å². The van der Waals surface area contributed by atoms with E-state index in [1.165, 1.54) is 34.9 Å². The highest BCUT2D eigenvalue weighted by molar-refractivity contribution is 7.90. The van der Waals surface area contributed by atoms with Gasteiger partial charge in [0.15, 0.2) is 5.65 Å². The van der Waals surface area contributed by atoms with Crippen LogP contribution in [0.2, 0.25) is 0 Å². The number of nitrogens with zero attached hydrogens (tertiary/aromatic N) is 3. The van der Waals surface area contributed by atoms with Crippen molar-refractivity contribution in [1.82, 2.24) is 14.1 Å². The van der Waals surface area contributed by atoms with Crippen molar-refractivity contribution in [3.63, 3.8) is 0 Å². The number of benzene rings is 2. The molecule has 1 amide bonds. The topological polar surface area (TPSA) is 133 Å². The Morgan fingerprint density at radius 2 is 1.84 bits per heavy atom. The molecule has 0 unspecified atom stereocenters. The lowest BCUT2D eigenvalue weighted by Gasteiger charge is -2.07. The Labute approximate surface area is 182 Å². The molecule has 4 rings (SSSR count). The summed E-state index contributed by atoms with van der Waals surface area (Å²) < 4.78 is 27.4. The monoisotopic (exact) mass is 447 g/mol. The van der Waals surface area contributed by atoms with Gasteiger partial charge in [0.2, 0.25) is 5.91 Å². The lowest BCUT2D eigenvalue weighted by atomic mass is 10.1. The van der Waals surface area contributed by atoms with Gasteiger partial charge in [0, 0.05) is 18.8 Å². The Morgan fingerprint density at radius 3 is 2.50 bits per heavy atom. The Kier molecular flexibility index (Phi) is 5.12. The highest BCUT2D eigenvalue weighted by atomic mass is 32.2. The number of rotatable bonds is 4. The van der Waals surface area contributed by atoms with E-state index >= 15 is 0 Å². The smallest absolute Gasteiger partial charge is 0.265 e. The quantitative estimate of drug-likeness (QED) is 0.483. The average molecular weight is 447 g/mol. The Bertz CT molecular complexity index is 1650. The first-order chi connectivity index (χ1) is 15.2. The van der Waals surface area contributed by atoms with Crippen LogP contribution in [0.15, 0.2) is 58.2 Å². The maximum atomic E-state index is 13.2. The number of aromatic nitrogens is 2. The molecule has 2 N–H and O–H groups in total. The van der Waals surface area contributed by atoms with E-state index < -0.39 is 15.9 Å². The molecule has 2 aromatic heterocycles. The molecule has 9 nitrogen and oxygen atoms in total. The summed E-state index contributed by atoms with van der Waals surface area (Å²) in [4.78, 5) is 28.7. The second-order valence-electron chi connectivity index (χ2n) is 7.06. The number of pyridine rings is 1. The van der Waals surface area contributed by atoms with Gasteiger partial charge in [0.05, 0.1) is 26.7 Å². The van der Waals surface area contributed by atoms with Gasteiger partial charge < -0.3 is 5.32 Å². The van der Waals surface area contributed by atoms with Crippen molar-refractivity contribution in [2.24, 2.45) is 0 Å². The number of nitrogens with one attached hydrogen (secondary N) is 2. The van der Waals surface area contributed by atoms with E-state index in [9.17, 15) is 23.3 Å². The van der Waals surface area contributed by atoms with Crippen LogP contribution in [0.1, 0.15) is 18.1 Å². The van der Waals surface area contributed by atoms with E-state index in [-0.39, 0.29) is 15.7 Å². The maximum Gasteiger partial charge on any atom is 0.265 e. The number of sulfonamides is 1. The molecule has 32 heavy (non-hydrogen) atoms. The van der Waals surface area contributed by atoms with E-state index in [1.54, 1.807) is 25.1 Å². The first kappa shape index (κ1) is 21.0. The standard InChI is InChI=1S/C22H17N5O4S/c1-13-17(11-23)21-25-19-5-3-4-6-20(19)27(21)22(29)18(13)12-24-15-7-9-16(10-8-15)32(30,31)26-14(2)28/h3-10,12,24H,1-2H3,(H,26,28)/b18-12-. The summed E-state index contributed by atoms with van der Waals surface area (Å²) in [7, 11) is -3.94. The van der Waals surface area contributed by atoms with Crippen molar-refractivity contribution in [1.29, 1.82) is 5.26 Å². The van der Waals surface area contributed by atoms with Crippen LogP contribution in [-0.4, -0.2) is 23.7 Å². The van der Waals surface area contributed by atoms with Crippen LogP contribution >= 0.6 is 0 Å². The van der Waals surface area contributed by atoms with Gasteiger partial charge in [0.25, 0.3) is 15.6 Å². The van der Waals surface area contributed by atoms with Crippen LogP contribution in [0, 0.1) is 18.3 Å². The summed E-state index contributed by atoms with van der Waals surface area (Å²) in [6.07, 6.45) is 1.48. The van der Waals surface area contributed by atoms with Crippen LogP contribution in [0.25, 0.3) is 22.9 Å². The molecule has 160 valence electrons. The molecule has 0 saturated carbocycles. The summed E-state index contributed by atoms with van der Waals surface area (Å²) in [6, 6.07) is 14.9. The number of hydrogen-bond donors (Lipinski definition) is 2. The van der Waals surface area contributed by atoms with E-state index in [0.29, 0.717) is 33.5 Å². The summed E-state index contributed by atoms with van der Waals surface area (Å²) in [5, 5.41) is 12.9. The first-order valence-corrected chi connectivity index (χ1v) is 11.0. The van der Waals surface area contributed by atoms with E-state index in [2.05, 4.69) is 16.4 Å². The Balaban J connectivity index is 1.80. The molecule has 0 atom stereocenters. The summed E-state index contributed by atoms with van der Waals surface area (Å²) in [5.74, 6) is -0.685. The molecule has 0 bridgehead atoms. The molecule has 2 aromatic carbocycles. The molecule has 0 fully saturated rings. The molecule has 0 aliphatic rings. The fourth-order valence-corrected chi connectivity index (χ4v) is 4.41. The fraction of sp³-hybridized carbons (Fsp3) is 0.0909. The summed E-state index contributed by atoms with van der Waals surface area (Å²) in [5.41, 5.74) is 2.49. The molecule has 0 aliphatic carbocycles. The number of carbonyl (C=O) groups excluding carboxylic acids is 1. The number of fused-ring (bicyclic) bond motifs is 3. The van der Waals surface area contributed by atoms with Gasteiger partial charge in [-0.05, 0) is 48.9 Å². The predicted octanol–water partition coefficient (Wildman–Crippen LogP) is 1.42. The van der Waals surface area contributed by atoms with Gasteiger partial charge in [-0.1, -0.05) is 12.1 Å². The minimum Gasteiger partial charge on any atom is -0.361 e. The average Bonchev–Trinajstić information content (AvgIpc) is 3.13. The predicted molar refractivity (Wildman–Crippen MR) is 119 cm³/mol. The van der Waals surface area contributed by atoms with Crippen molar-refractivity contribution < 1.29 is 13.2 Å². The second kappa shape index (κ2) is 7.79. The SMILES string of the molecule is CC(=O)NS(=O)(=O)c1ccc(N/C=c2/c(C)c(C#N)c3nc4ccccc4n3c2=O)cc1. The second-order valence-corrected chi connectivity index (χ2v) is 8.75. The normalized spacial score (nSPS) is 12.1. The zero-order valence-electron chi connectivity index (χ0n) is 17.1. The lowest BCUT2D eigenvalue weighted by Crippen LogP contribution is -2.34. The van der Waals surface area contributed by atoms with Crippen molar-refractivity contribution in [3.8, 4) is 6.07 Å². The number of para-hydroxylation sites is 2. The summed E-state index contributed by atoms with van der Waals surface area (Å²) in [6.45, 7) is 2.79. The van der Waals surface area contributed by atoms with Gasteiger partial charge in [-0.2, -0.15) is 5.26 Å². The minimum atomic E-state index is -3.94. The van der Waals surface area contributed by atoms with Crippen molar-refractivity contribution in [3.05, 3.63) is 75.2 Å². The third kappa shape index (κ3) is 3.55. The van der Waals surface area contributed by atoms with Gasteiger partial charge >= 0.3 is 0 Å². The number of hydrogen-bond acceptors (Lipinski definition) is 7. The van der Waals surface area contributed by atoms with E-state index in [0.717, 1.165) is 6.92 Å². The van der Waals surface area contributed by atoms with Gasteiger partial charge in [-0.3, -0.25) is 14.0 Å². The lowest BCUT2D eigenvalue weighted by molar-refractivity contribution is -0.117. The van der Waals surface area contributed by atoms with Gasteiger partial charge in [-0.15, -0.1) is 0 Å². The highest BCUT2D eigenvalue weighted by Crippen LogP contribution is 2.18. The van der Waals surface area contributed by atoms with Crippen LogP contribution in [0.3, 0.4) is 0 Å². The molecular weight excluding hydrogens is 430 g/mol. The molecule has 0 saturated heterocycles. The van der Waals surface area contributed by atoms with E-state index in [1.807, 2.05) is 10.8 Å². The minimum absolute atomic E-state index is 0.0722. The number of anilines is 1. The molecule has 0 spiro atoms. The molecule has 4 aromatic rings. The Hall–Kier alpha value is -4.23. The van der Waals surface area contributed by atoms with Crippen molar-refractivity contribution in [2.45, 2.75) is 18.7 Å². The number of imidazole rings is 1. The molecule has 0 aliphatic heterocycles. The first-order valence-electron chi connectivity index (χ1n) is 9.47. The van der Waals surface area contributed by atoms with Gasteiger partial charge in [0.1, 0.15) is 6.07 Å². The molecule has 10 heteroatoms. The van der Waals surface area contributed by atoms with Crippen LogP contribution < -0.4 is 20.8 Å². The van der Waals surface area contributed by atoms with Crippen LogP contribution in [0.4, 0.5) is 5.69 Å². The van der Waals surface area contributed by atoms with Crippen molar-refractivity contribution >= 4 is 44.5 Å². The Morgan fingerprint density at radius 1 is 1.16 bits per heavy atom. The third-order valence-corrected chi connectivity index (χ3v) is 6.38. The fourth-order valence-electron chi connectivity index (χ4n) is 3.42. The number of carbonyl (C=O) groups is 1. The molecule has 0 radical (unpaired) electrons. The number of amides is 1. The van der Waals surface area contributed by atoms with E-state index in [4.69, 9.17) is 0 Å². The summed E-state index contributed by atoms with van der Waals surface area (Å²) >= 11 is 0. The largest absolute Gasteiger partial charge is 0.361 e. The zero-order valence-corrected chi connectivity index (χ0v) is 17.9. The molecular formula is C22H17N5O4S. The third-order valence-electron chi connectivity index (χ3n) is 4.93. The molecule has 2 heterocycles. The zero-order chi connectivity index (χ0) is 23.0. The highest BCUT2D eigenvalue weighted by Gasteiger charge is 2.17.